The molecule has 0 unspecified atom stereocenters. The van der Waals surface area contributed by atoms with Crippen LogP contribution in [0.3, 0.4) is 0 Å². The zero-order valence-corrected chi connectivity index (χ0v) is 9.37. The molecule has 0 saturated heterocycles. The fourth-order valence-electron chi connectivity index (χ4n) is 2.64. The Bertz CT molecular complexity index is 364. The molecule has 1 aliphatic carbocycles. The van der Waals surface area contributed by atoms with E-state index in [0.717, 1.165) is 12.1 Å². The molecule has 1 aliphatic rings. The molecule has 1 fully saturated rings. The highest BCUT2D eigenvalue weighted by Crippen LogP contribution is 2.31. The molecule has 0 radical (unpaired) electrons. The minimum Gasteiger partial charge on any atom is -0.334 e. The average molecular weight is 202 g/mol. The van der Waals surface area contributed by atoms with Crippen molar-refractivity contribution in [2.75, 3.05) is 0 Å². The summed E-state index contributed by atoms with van der Waals surface area (Å²) in [6.45, 7) is 2.16. The van der Waals surface area contributed by atoms with E-state index < -0.39 is 0 Å². The number of rotatable bonds is 2. The molecule has 2 heteroatoms. The zero-order chi connectivity index (χ0) is 10.7. The minimum atomic E-state index is 0.582. The Hall–Kier alpha value is -1.23. The van der Waals surface area contributed by atoms with Crippen LogP contribution in [0, 0.1) is 11.3 Å². The van der Waals surface area contributed by atoms with Gasteiger partial charge >= 0.3 is 0 Å². The van der Waals surface area contributed by atoms with E-state index >= 15 is 0 Å². The summed E-state index contributed by atoms with van der Waals surface area (Å²) in [4.78, 5) is 0. The first-order chi connectivity index (χ1) is 7.36. The SMILES string of the molecule is CCc1ccc(C#N)n1C1CCCCC1. The van der Waals surface area contributed by atoms with Gasteiger partial charge in [0.15, 0.2) is 0 Å². The monoisotopic (exact) mass is 202 g/mol. The third-order valence-electron chi connectivity index (χ3n) is 3.42. The predicted octanol–water partition coefficient (Wildman–Crippen LogP) is 3.43. The van der Waals surface area contributed by atoms with E-state index in [4.69, 9.17) is 5.26 Å². The van der Waals surface area contributed by atoms with Crippen LogP contribution >= 0.6 is 0 Å². The van der Waals surface area contributed by atoms with Gasteiger partial charge in [-0.3, -0.25) is 0 Å². The van der Waals surface area contributed by atoms with Crippen LogP contribution in [0.25, 0.3) is 0 Å². The van der Waals surface area contributed by atoms with Crippen LogP contribution in [0.15, 0.2) is 12.1 Å². The second kappa shape index (κ2) is 4.53. The van der Waals surface area contributed by atoms with Gasteiger partial charge in [-0.05, 0) is 31.4 Å². The van der Waals surface area contributed by atoms with E-state index in [1.54, 1.807) is 0 Å². The lowest BCUT2D eigenvalue weighted by atomic mass is 9.95. The summed E-state index contributed by atoms with van der Waals surface area (Å²) in [6.07, 6.45) is 7.51. The molecule has 0 atom stereocenters. The number of aromatic nitrogens is 1. The van der Waals surface area contributed by atoms with Crippen molar-refractivity contribution in [1.29, 1.82) is 5.26 Å². The van der Waals surface area contributed by atoms with Crippen LogP contribution in [-0.4, -0.2) is 4.57 Å². The molecule has 1 heterocycles. The Morgan fingerprint density at radius 1 is 1.33 bits per heavy atom. The Morgan fingerprint density at radius 2 is 2.07 bits per heavy atom. The van der Waals surface area contributed by atoms with Gasteiger partial charge in [-0.25, -0.2) is 0 Å². The summed E-state index contributed by atoms with van der Waals surface area (Å²) in [5.41, 5.74) is 2.16. The molecule has 15 heavy (non-hydrogen) atoms. The lowest BCUT2D eigenvalue weighted by Gasteiger charge is -2.26. The standard InChI is InChI=1S/C13H18N2/c1-2-11-8-9-13(10-14)15(11)12-6-4-3-5-7-12/h8-9,12H,2-7H2,1H3. The second-order valence-electron chi connectivity index (χ2n) is 4.34. The van der Waals surface area contributed by atoms with Crippen molar-refractivity contribution in [3.63, 3.8) is 0 Å². The number of hydrogen-bond donors (Lipinski definition) is 0. The first-order valence-corrected chi connectivity index (χ1v) is 5.97. The summed E-state index contributed by atoms with van der Waals surface area (Å²) in [5.74, 6) is 0. The van der Waals surface area contributed by atoms with Gasteiger partial charge < -0.3 is 4.57 Å². The molecular formula is C13H18N2. The number of nitrogens with zero attached hydrogens (tertiary/aromatic N) is 2. The van der Waals surface area contributed by atoms with Crippen molar-refractivity contribution in [3.05, 3.63) is 23.5 Å². The average Bonchev–Trinajstić information content (AvgIpc) is 2.72. The Labute approximate surface area is 91.5 Å². The van der Waals surface area contributed by atoms with Gasteiger partial charge in [0.05, 0.1) is 0 Å². The maximum absolute atomic E-state index is 9.09. The molecule has 0 spiro atoms. The fraction of sp³-hybridized carbons (Fsp3) is 0.615. The van der Waals surface area contributed by atoms with Gasteiger partial charge in [-0.2, -0.15) is 5.26 Å². The topological polar surface area (TPSA) is 28.7 Å². The maximum Gasteiger partial charge on any atom is 0.120 e. The number of aryl methyl sites for hydroxylation is 1. The van der Waals surface area contributed by atoms with Gasteiger partial charge in [-0.15, -0.1) is 0 Å². The maximum atomic E-state index is 9.09. The van der Waals surface area contributed by atoms with Gasteiger partial charge in [-0.1, -0.05) is 26.2 Å². The summed E-state index contributed by atoms with van der Waals surface area (Å²) >= 11 is 0. The largest absolute Gasteiger partial charge is 0.334 e. The van der Waals surface area contributed by atoms with Crippen LogP contribution in [0.2, 0.25) is 0 Å². The summed E-state index contributed by atoms with van der Waals surface area (Å²) in [5, 5.41) is 9.09. The molecular weight excluding hydrogens is 184 g/mol. The minimum absolute atomic E-state index is 0.582. The van der Waals surface area contributed by atoms with E-state index in [1.807, 2.05) is 6.07 Å². The molecule has 2 nitrogen and oxygen atoms in total. The molecule has 80 valence electrons. The molecule has 0 bridgehead atoms. The highest BCUT2D eigenvalue weighted by molar-refractivity contribution is 5.28. The summed E-state index contributed by atoms with van der Waals surface area (Å²) in [6, 6.07) is 6.96. The molecule has 0 amide bonds. The van der Waals surface area contributed by atoms with E-state index in [2.05, 4.69) is 23.6 Å². The van der Waals surface area contributed by atoms with Crippen molar-refractivity contribution < 1.29 is 0 Å². The molecule has 1 saturated carbocycles. The van der Waals surface area contributed by atoms with Crippen molar-refractivity contribution >= 4 is 0 Å². The lowest BCUT2D eigenvalue weighted by Crippen LogP contribution is -2.16. The van der Waals surface area contributed by atoms with E-state index in [9.17, 15) is 0 Å². The Kier molecular flexibility index (Phi) is 3.11. The van der Waals surface area contributed by atoms with Gasteiger partial charge in [0.1, 0.15) is 11.8 Å². The van der Waals surface area contributed by atoms with Crippen molar-refractivity contribution in [2.24, 2.45) is 0 Å². The van der Waals surface area contributed by atoms with Crippen LogP contribution in [-0.2, 0) is 6.42 Å². The second-order valence-corrected chi connectivity index (χ2v) is 4.34. The van der Waals surface area contributed by atoms with E-state index in [0.29, 0.717) is 6.04 Å². The van der Waals surface area contributed by atoms with Crippen LogP contribution in [0.1, 0.15) is 56.5 Å². The predicted molar refractivity (Wildman–Crippen MR) is 60.6 cm³/mol. The van der Waals surface area contributed by atoms with Crippen molar-refractivity contribution in [3.8, 4) is 6.07 Å². The van der Waals surface area contributed by atoms with E-state index in [1.165, 1.54) is 37.8 Å². The summed E-state index contributed by atoms with van der Waals surface area (Å²) < 4.78 is 2.28. The first-order valence-electron chi connectivity index (χ1n) is 5.97. The van der Waals surface area contributed by atoms with Gasteiger partial charge in [0, 0.05) is 11.7 Å². The molecule has 1 aromatic heterocycles. The quantitative estimate of drug-likeness (QED) is 0.722. The lowest BCUT2D eigenvalue weighted by molar-refractivity contribution is 0.346. The molecule has 1 aromatic rings. The number of hydrogen-bond acceptors (Lipinski definition) is 1. The third-order valence-corrected chi connectivity index (χ3v) is 3.42. The number of nitriles is 1. The van der Waals surface area contributed by atoms with Crippen molar-refractivity contribution in [2.45, 2.75) is 51.5 Å². The van der Waals surface area contributed by atoms with Crippen molar-refractivity contribution in [1.82, 2.24) is 4.57 Å². The zero-order valence-electron chi connectivity index (χ0n) is 9.37. The van der Waals surface area contributed by atoms with Crippen LogP contribution in [0.5, 0.6) is 0 Å². The first kappa shape index (κ1) is 10.3. The molecule has 0 N–H and O–H groups in total. The fourth-order valence-corrected chi connectivity index (χ4v) is 2.64. The Balaban J connectivity index is 2.31. The van der Waals surface area contributed by atoms with Gasteiger partial charge in [0.25, 0.3) is 0 Å². The highest BCUT2D eigenvalue weighted by Gasteiger charge is 2.19. The van der Waals surface area contributed by atoms with Gasteiger partial charge in [0.2, 0.25) is 0 Å². The van der Waals surface area contributed by atoms with E-state index in [-0.39, 0.29) is 0 Å². The molecule has 0 aliphatic heterocycles. The molecule has 0 aromatic carbocycles. The highest BCUT2D eigenvalue weighted by atomic mass is 15.0. The smallest absolute Gasteiger partial charge is 0.120 e. The Morgan fingerprint density at radius 3 is 2.67 bits per heavy atom. The third kappa shape index (κ3) is 1.92. The summed E-state index contributed by atoms with van der Waals surface area (Å²) in [7, 11) is 0. The van der Waals surface area contributed by atoms with Crippen LogP contribution < -0.4 is 0 Å². The molecule has 2 rings (SSSR count). The normalized spacial score (nSPS) is 17.6. The van der Waals surface area contributed by atoms with Crippen LogP contribution in [0.4, 0.5) is 0 Å².